The van der Waals surface area contributed by atoms with Gasteiger partial charge in [-0.3, -0.25) is 0 Å². The Hall–Kier alpha value is -1.31. The first kappa shape index (κ1) is 27.3. The normalized spacial score (nSPS) is 34.6. The lowest BCUT2D eigenvalue weighted by molar-refractivity contribution is -0.226. The summed E-state index contributed by atoms with van der Waals surface area (Å²) in [6, 6.07) is 2.41. The maximum atomic E-state index is 11.5. The third-order valence-corrected chi connectivity index (χ3v) is 10.1. The second-order valence-corrected chi connectivity index (χ2v) is 11.9. The van der Waals surface area contributed by atoms with Crippen LogP contribution in [0, 0.1) is 39.4 Å². The van der Waals surface area contributed by atoms with Crippen molar-refractivity contribution in [2.45, 2.75) is 118 Å². The molecule has 1 saturated heterocycles. The molecule has 4 nitrogen and oxygen atoms in total. The number of hydrogen-bond acceptors (Lipinski definition) is 4. The van der Waals surface area contributed by atoms with E-state index < -0.39 is 11.2 Å². The molecular formula is C30H49NO3. The summed E-state index contributed by atoms with van der Waals surface area (Å²) in [7, 11) is 0. The van der Waals surface area contributed by atoms with Crippen molar-refractivity contribution in [3.05, 3.63) is 23.0 Å². The van der Waals surface area contributed by atoms with Crippen molar-refractivity contribution in [3.8, 4) is 6.07 Å². The molecule has 0 amide bonds. The third-order valence-electron chi connectivity index (χ3n) is 10.1. The summed E-state index contributed by atoms with van der Waals surface area (Å²) in [4.78, 5) is 0. The Kier molecular flexibility index (Phi) is 8.31. The molecule has 0 radical (unpaired) electrons. The summed E-state index contributed by atoms with van der Waals surface area (Å²) in [6.45, 7) is 17.4. The monoisotopic (exact) mass is 471 g/mol. The predicted octanol–water partition coefficient (Wildman–Crippen LogP) is 8.25. The summed E-state index contributed by atoms with van der Waals surface area (Å²) in [6.07, 6.45) is 12.0. The second-order valence-electron chi connectivity index (χ2n) is 11.9. The molecule has 0 aromatic carbocycles. The van der Waals surface area contributed by atoms with Gasteiger partial charge >= 0.3 is 0 Å². The molecule has 1 heterocycles. The smallest absolute Gasteiger partial charge is 0.174 e. The van der Waals surface area contributed by atoms with Crippen LogP contribution < -0.4 is 0 Å². The van der Waals surface area contributed by atoms with Gasteiger partial charge in [-0.2, -0.15) is 5.26 Å². The zero-order valence-corrected chi connectivity index (χ0v) is 22.9. The summed E-state index contributed by atoms with van der Waals surface area (Å²) < 4.78 is 12.6. The first-order valence-corrected chi connectivity index (χ1v) is 13.9. The van der Waals surface area contributed by atoms with Crippen LogP contribution in [0.1, 0.15) is 113 Å². The first-order chi connectivity index (χ1) is 16.1. The van der Waals surface area contributed by atoms with Gasteiger partial charge in [-0.1, -0.05) is 73.0 Å². The number of nitriles is 1. The zero-order valence-electron chi connectivity index (χ0n) is 22.9. The first-order valence-electron chi connectivity index (χ1n) is 13.9. The topological polar surface area (TPSA) is 62.5 Å². The van der Waals surface area contributed by atoms with E-state index in [1.807, 2.05) is 0 Å². The lowest BCUT2D eigenvalue weighted by Crippen LogP contribution is -2.47. The van der Waals surface area contributed by atoms with Crippen LogP contribution in [0.3, 0.4) is 0 Å². The molecular weight excluding hydrogens is 422 g/mol. The highest BCUT2D eigenvalue weighted by atomic mass is 16.7. The summed E-state index contributed by atoms with van der Waals surface area (Å²) in [5.74, 6) is 0.857. The molecule has 0 aromatic rings. The van der Waals surface area contributed by atoms with Gasteiger partial charge in [-0.25, -0.2) is 0 Å². The Balaban J connectivity index is 1.98. The van der Waals surface area contributed by atoms with Gasteiger partial charge in [0.2, 0.25) is 0 Å². The Morgan fingerprint density at radius 3 is 2.26 bits per heavy atom. The average Bonchev–Trinajstić information content (AvgIpc) is 3.40. The van der Waals surface area contributed by atoms with Crippen molar-refractivity contribution in [3.63, 3.8) is 0 Å². The highest BCUT2D eigenvalue weighted by molar-refractivity contribution is 5.44. The Labute approximate surface area is 208 Å². The number of allylic oxidation sites excluding steroid dienone is 3. The predicted molar refractivity (Wildman–Crippen MR) is 138 cm³/mol. The lowest BCUT2D eigenvalue weighted by Gasteiger charge is -2.52. The van der Waals surface area contributed by atoms with Crippen LogP contribution in [0.15, 0.2) is 23.0 Å². The largest absolute Gasteiger partial charge is 0.510 e. The molecule has 0 aromatic heterocycles. The Morgan fingerprint density at radius 2 is 1.74 bits per heavy atom. The van der Waals surface area contributed by atoms with Gasteiger partial charge in [0, 0.05) is 17.3 Å². The molecule has 3 rings (SSSR count). The summed E-state index contributed by atoms with van der Waals surface area (Å²) in [5, 5.41) is 21.5. The maximum Gasteiger partial charge on any atom is 0.174 e. The molecule has 1 aliphatic heterocycles. The van der Waals surface area contributed by atoms with Gasteiger partial charge in [-0.05, 0) is 62.2 Å². The van der Waals surface area contributed by atoms with Gasteiger partial charge in [-0.15, -0.1) is 0 Å². The number of nitrogens with zero attached hydrogens (tertiary/aromatic N) is 1. The molecule has 192 valence electrons. The SMILES string of the molecule is CC/C=C1/C(CCC)(CCC)C(O)=C(C#N)C[C@]1(C)[C@H](C)CC[C@@]1(C)[C@H](C)CCC12OCCO2. The van der Waals surface area contributed by atoms with Crippen molar-refractivity contribution < 1.29 is 14.6 Å². The number of aliphatic hydroxyl groups excluding tert-OH is 1. The fourth-order valence-electron chi connectivity index (χ4n) is 7.75. The third kappa shape index (κ3) is 4.16. The van der Waals surface area contributed by atoms with Crippen LogP contribution in [0.2, 0.25) is 0 Å². The molecule has 0 unspecified atom stereocenters. The molecule has 3 aliphatic rings. The number of hydrogen-bond donors (Lipinski definition) is 1. The highest BCUT2D eigenvalue weighted by Crippen LogP contribution is 2.62. The van der Waals surface area contributed by atoms with E-state index in [0.29, 0.717) is 42.8 Å². The van der Waals surface area contributed by atoms with Crippen molar-refractivity contribution in [2.75, 3.05) is 13.2 Å². The lowest BCUT2D eigenvalue weighted by atomic mass is 9.52. The van der Waals surface area contributed by atoms with E-state index in [2.05, 4.69) is 60.6 Å². The van der Waals surface area contributed by atoms with Gasteiger partial charge in [0.25, 0.3) is 0 Å². The summed E-state index contributed by atoms with van der Waals surface area (Å²) in [5.41, 5.74) is 1.42. The molecule has 1 saturated carbocycles. The minimum atomic E-state index is -0.425. The fraction of sp³-hybridized carbons (Fsp3) is 0.833. The zero-order chi connectivity index (χ0) is 25.2. The minimum Gasteiger partial charge on any atom is -0.510 e. The minimum absolute atomic E-state index is 0.00260. The average molecular weight is 472 g/mol. The maximum absolute atomic E-state index is 11.5. The van der Waals surface area contributed by atoms with E-state index in [-0.39, 0.29) is 10.8 Å². The van der Waals surface area contributed by atoms with Crippen molar-refractivity contribution in [2.24, 2.45) is 28.1 Å². The van der Waals surface area contributed by atoms with E-state index in [1.54, 1.807) is 0 Å². The van der Waals surface area contributed by atoms with Crippen molar-refractivity contribution >= 4 is 0 Å². The Bertz CT molecular complexity index is 824. The van der Waals surface area contributed by atoms with E-state index in [9.17, 15) is 10.4 Å². The van der Waals surface area contributed by atoms with Crippen LogP contribution in [-0.4, -0.2) is 24.1 Å². The van der Waals surface area contributed by atoms with Gasteiger partial charge in [0.1, 0.15) is 5.76 Å². The molecule has 2 fully saturated rings. The standard InChI is InChI=1S/C30H49NO3/c1-8-11-25-27(6,20-24(21-31)26(32)29(25,14-9-2)15-10-3)22(4)12-16-28(7)23(5)13-17-30(28)33-18-19-34-30/h11,22-23,32H,8-10,12-20H2,1-7H3/b25-11+/t22-,23-,27-,28+/m1/s1. The van der Waals surface area contributed by atoms with Crippen LogP contribution in [0.4, 0.5) is 0 Å². The molecule has 1 N–H and O–H groups in total. The fourth-order valence-corrected chi connectivity index (χ4v) is 7.75. The van der Waals surface area contributed by atoms with Crippen LogP contribution in [0.25, 0.3) is 0 Å². The van der Waals surface area contributed by atoms with Gasteiger partial charge in [0.05, 0.1) is 24.9 Å². The molecule has 2 aliphatic carbocycles. The van der Waals surface area contributed by atoms with E-state index >= 15 is 0 Å². The number of ether oxygens (including phenoxy) is 2. The van der Waals surface area contributed by atoms with Crippen molar-refractivity contribution in [1.29, 1.82) is 5.26 Å². The molecule has 1 spiro atoms. The van der Waals surface area contributed by atoms with Crippen LogP contribution >= 0.6 is 0 Å². The highest BCUT2D eigenvalue weighted by Gasteiger charge is 2.60. The molecule has 4 heteroatoms. The van der Waals surface area contributed by atoms with Crippen LogP contribution in [0.5, 0.6) is 0 Å². The van der Waals surface area contributed by atoms with Gasteiger partial charge in [0.15, 0.2) is 5.79 Å². The van der Waals surface area contributed by atoms with Crippen LogP contribution in [-0.2, 0) is 9.47 Å². The van der Waals surface area contributed by atoms with Crippen molar-refractivity contribution in [1.82, 2.24) is 0 Å². The quantitative estimate of drug-likeness (QED) is 0.344. The number of aliphatic hydroxyl groups is 1. The van der Waals surface area contributed by atoms with E-state index in [1.165, 1.54) is 5.57 Å². The van der Waals surface area contributed by atoms with Gasteiger partial charge < -0.3 is 14.6 Å². The number of rotatable bonds is 9. The van der Waals surface area contributed by atoms with E-state index in [0.717, 1.165) is 57.8 Å². The molecule has 0 bridgehead atoms. The van der Waals surface area contributed by atoms with E-state index in [4.69, 9.17) is 9.47 Å². The molecule has 34 heavy (non-hydrogen) atoms. The Morgan fingerprint density at radius 1 is 1.12 bits per heavy atom. The molecule has 4 atom stereocenters. The summed E-state index contributed by atoms with van der Waals surface area (Å²) >= 11 is 0. The second kappa shape index (κ2) is 10.4.